The summed E-state index contributed by atoms with van der Waals surface area (Å²) >= 11 is 0. The Morgan fingerprint density at radius 2 is 0.694 bits per heavy atom. The summed E-state index contributed by atoms with van der Waals surface area (Å²) in [5.74, 6) is 15.0. The quantitative estimate of drug-likeness (QED) is 0.0123. The van der Waals surface area contributed by atoms with Gasteiger partial charge in [-0.3, -0.25) is 10.1 Å². The molecule has 11 fully saturated rings. The van der Waals surface area contributed by atoms with Gasteiger partial charge in [-0.05, 0) is 369 Å². The van der Waals surface area contributed by atoms with E-state index in [0.717, 1.165) is 242 Å². The number of rotatable bonds is 43. The van der Waals surface area contributed by atoms with Crippen molar-refractivity contribution < 1.29 is 33.4 Å². The summed E-state index contributed by atoms with van der Waals surface area (Å²) in [5.41, 5.74) is 24.1. The number of nitrogens with one attached hydrogen (secondary N) is 5. The van der Waals surface area contributed by atoms with Crippen molar-refractivity contribution in [2.45, 2.75) is 384 Å². The van der Waals surface area contributed by atoms with Gasteiger partial charge in [0.05, 0.1) is 0 Å². The smallest absolute Gasteiger partial charge is 0.407 e. The molecule has 704 valence electrons. The molecule has 0 bridgehead atoms. The highest BCUT2D eigenvalue weighted by Gasteiger charge is 2.85. The molecule has 0 aromatic carbocycles. The lowest BCUT2D eigenvalue weighted by Crippen LogP contribution is -2.53. The average molecular weight is 1720 g/mol. The summed E-state index contributed by atoms with van der Waals surface area (Å²) in [6, 6.07) is 0. The van der Waals surface area contributed by atoms with Gasteiger partial charge in [-0.2, -0.15) is 0 Å². The molecule has 14 rings (SSSR count). The number of carbonyl (C=O) groups excluding carboxylic acids is 4. The first kappa shape index (κ1) is 96.3. The standard InChI is InChI=1S/C107H184N10O7/c1-69(2)25-18-28-72(7)85-37-40-88-81-34-31-75-65-78(43-49-101(75,10)91(81)46-52-104(85,88)13)122-98(119)112-56-22-62-116(61-21-55-111-96(118)107(110)94-84(95(94)107)68-115-97(108)109)59-16-17-60-117(63-23-57-113-99(120)123-79-44-50-102(11)76(66-79)32-35-82-89-41-38-86(73(8)29-19-26-70(3)4)105(89,14)53-47-92(82)102)64-24-58-114-100(121)124-80-45-51-103(12)77(67-80)33-36-83-90-42-39-87(74(9)30-20-27-71(5)6)106(90,15)54-48-93(83)103/h31-33,69-74,78-95,97,115H,16-30,34-68,108-110H2,1-15H3,(H,111,118)(H,112,119)(H,113,120)(H,114,121). The van der Waals surface area contributed by atoms with Crippen LogP contribution in [0.1, 0.15) is 354 Å². The highest BCUT2D eigenvalue weighted by Crippen LogP contribution is 2.75. The third kappa shape index (κ3) is 21.0. The maximum Gasteiger partial charge on any atom is 0.407 e. The molecule has 124 heavy (non-hydrogen) atoms. The fourth-order valence-electron chi connectivity index (χ4n) is 32.6. The lowest BCUT2D eigenvalue weighted by Gasteiger charge is -2.58. The highest BCUT2D eigenvalue weighted by molar-refractivity contribution is 5.93. The van der Waals surface area contributed by atoms with E-state index in [4.69, 9.17) is 31.4 Å². The molecule has 26 atom stereocenters. The van der Waals surface area contributed by atoms with Crippen molar-refractivity contribution in [3.8, 4) is 0 Å². The average Bonchev–Trinajstić information content (AvgIpc) is 1.46. The molecule has 0 saturated heterocycles. The van der Waals surface area contributed by atoms with Crippen LogP contribution >= 0.6 is 0 Å². The Bertz CT molecular complexity index is 3500. The Morgan fingerprint density at radius 3 is 1.00 bits per heavy atom. The van der Waals surface area contributed by atoms with E-state index < -0.39 is 11.8 Å². The molecule has 0 aliphatic heterocycles. The monoisotopic (exact) mass is 1720 g/mol. The molecule has 0 heterocycles. The predicted molar refractivity (Wildman–Crippen MR) is 505 cm³/mol. The molecular weight excluding hydrogens is 1540 g/mol. The predicted octanol–water partition coefficient (Wildman–Crippen LogP) is 21.8. The van der Waals surface area contributed by atoms with Crippen LogP contribution < -0.4 is 43.8 Å². The number of amides is 4. The zero-order chi connectivity index (χ0) is 88.3. The van der Waals surface area contributed by atoms with Gasteiger partial charge in [-0.1, -0.05) is 197 Å². The lowest BCUT2D eigenvalue weighted by atomic mass is 9.47. The number of allylic oxidation sites excluding steroid dienone is 3. The topological polar surface area (TPSA) is 241 Å². The van der Waals surface area contributed by atoms with Crippen LogP contribution in [0.3, 0.4) is 0 Å². The van der Waals surface area contributed by atoms with Crippen molar-refractivity contribution in [2.75, 3.05) is 72.0 Å². The normalized spacial score (nSPS) is 39.2. The van der Waals surface area contributed by atoms with Gasteiger partial charge in [0.25, 0.3) is 0 Å². The summed E-state index contributed by atoms with van der Waals surface area (Å²) in [6.45, 7) is 45.6. The molecular formula is C107H184N10O7. The summed E-state index contributed by atoms with van der Waals surface area (Å²) in [4.78, 5) is 60.0. The van der Waals surface area contributed by atoms with Gasteiger partial charge in [-0.15, -0.1) is 0 Å². The molecule has 26 unspecified atom stereocenters. The third-order valence-electron chi connectivity index (χ3n) is 39.6. The minimum atomic E-state index is -0.801. The van der Waals surface area contributed by atoms with Gasteiger partial charge < -0.3 is 62.5 Å². The maximum atomic E-state index is 13.8. The Labute approximate surface area is 755 Å². The molecule has 0 spiro atoms. The molecule has 0 aromatic heterocycles. The van der Waals surface area contributed by atoms with Crippen LogP contribution in [-0.2, 0) is 19.0 Å². The maximum absolute atomic E-state index is 13.8. The van der Waals surface area contributed by atoms with Gasteiger partial charge in [0, 0.05) is 52.0 Å². The summed E-state index contributed by atoms with van der Waals surface area (Å²) in [7, 11) is 0. The molecule has 14 aliphatic rings. The minimum Gasteiger partial charge on any atom is -0.446 e. The fourth-order valence-corrected chi connectivity index (χ4v) is 32.6. The van der Waals surface area contributed by atoms with Crippen molar-refractivity contribution in [3.05, 3.63) is 34.9 Å². The van der Waals surface area contributed by atoms with Gasteiger partial charge in [-0.25, -0.2) is 14.4 Å². The van der Waals surface area contributed by atoms with Crippen molar-refractivity contribution >= 4 is 24.2 Å². The van der Waals surface area contributed by atoms with Crippen LogP contribution in [0.4, 0.5) is 14.4 Å². The Kier molecular flexibility index (Phi) is 32.0. The second-order valence-corrected chi connectivity index (χ2v) is 48.1. The van der Waals surface area contributed by atoms with E-state index in [-0.39, 0.29) is 70.6 Å². The van der Waals surface area contributed by atoms with E-state index in [1.807, 2.05) is 0 Å². The number of hydrogen-bond acceptors (Lipinski definition) is 13. The molecule has 0 aromatic rings. The van der Waals surface area contributed by atoms with E-state index in [2.05, 4.69) is 158 Å². The summed E-state index contributed by atoms with van der Waals surface area (Å²) in [5, 5.41) is 15.9. The lowest BCUT2D eigenvalue weighted by molar-refractivity contribution is -0.125. The number of ether oxygens (including phenoxy) is 3. The first-order valence-corrected chi connectivity index (χ1v) is 52.9. The van der Waals surface area contributed by atoms with Crippen molar-refractivity contribution in [2.24, 2.45) is 174 Å². The fraction of sp³-hybridized carbons (Fsp3) is 0.907. The second kappa shape index (κ2) is 41.2. The SMILES string of the molecule is CC(C)CCCC(C)C1CCC2C3CC=C4CC(OC(=O)NCCCN(CCCCN(CCCNC(=O)OC5CCC6(C)C(=CCC7C6CCC6(C)C(C(C)CCCC(C)C)CCC76)C5)CCCNC(=O)C5(N)C6C(CNC(N)N)C65)CCCNC(=O)OC5CCC6(C)C(=CCC7C6CCC6(C)C(C(C)CCCC(C)C)CCC76)C5)CCC4(C)C3CCC12C. The second-order valence-electron chi connectivity index (χ2n) is 48.1. The third-order valence-corrected chi connectivity index (χ3v) is 39.6. The largest absolute Gasteiger partial charge is 0.446 e. The minimum absolute atomic E-state index is 0.0625. The van der Waals surface area contributed by atoms with Crippen LogP contribution in [-0.4, -0.2) is 136 Å². The van der Waals surface area contributed by atoms with E-state index >= 15 is 0 Å². The zero-order valence-corrected chi connectivity index (χ0v) is 81.5. The van der Waals surface area contributed by atoms with Crippen molar-refractivity contribution in [3.63, 3.8) is 0 Å². The number of carbonyl (C=O) groups is 4. The number of nitrogens with two attached hydrogens (primary N) is 3. The van der Waals surface area contributed by atoms with Crippen molar-refractivity contribution in [1.29, 1.82) is 0 Å². The number of unbranched alkanes of at least 4 members (excludes halogenated alkanes) is 1. The Hall–Kier alpha value is -3.74. The molecule has 17 nitrogen and oxygen atoms in total. The van der Waals surface area contributed by atoms with Gasteiger partial charge in [0.2, 0.25) is 5.91 Å². The molecule has 11 saturated carbocycles. The van der Waals surface area contributed by atoms with Gasteiger partial charge in [0.1, 0.15) is 30.1 Å². The van der Waals surface area contributed by atoms with Crippen LogP contribution in [0, 0.1) is 157 Å². The highest BCUT2D eigenvalue weighted by atomic mass is 16.6. The molecule has 14 aliphatic carbocycles. The number of hydrogen-bond donors (Lipinski definition) is 8. The summed E-state index contributed by atoms with van der Waals surface area (Å²) < 4.78 is 19.0. The first-order chi connectivity index (χ1) is 59.2. The molecule has 17 heteroatoms. The van der Waals surface area contributed by atoms with Crippen LogP contribution in [0.25, 0.3) is 0 Å². The van der Waals surface area contributed by atoms with E-state index in [1.54, 1.807) is 16.7 Å². The molecule has 4 amide bonds. The van der Waals surface area contributed by atoms with Gasteiger partial charge in [0.15, 0.2) is 0 Å². The van der Waals surface area contributed by atoms with E-state index in [0.29, 0.717) is 54.9 Å². The molecule has 0 radical (unpaired) electrons. The van der Waals surface area contributed by atoms with Crippen LogP contribution in [0.15, 0.2) is 34.9 Å². The summed E-state index contributed by atoms with van der Waals surface area (Å²) in [6.07, 6.45) is 52.2. The van der Waals surface area contributed by atoms with Crippen molar-refractivity contribution in [1.82, 2.24) is 36.4 Å². The first-order valence-electron chi connectivity index (χ1n) is 52.9. The van der Waals surface area contributed by atoms with E-state index in [1.165, 1.54) is 154 Å². The van der Waals surface area contributed by atoms with E-state index in [9.17, 15) is 19.2 Å². The zero-order valence-electron chi connectivity index (χ0n) is 81.5. The number of alkyl carbamates (subject to hydrolysis) is 3. The Morgan fingerprint density at radius 1 is 0.387 bits per heavy atom. The number of fused-ring (bicyclic) bond motifs is 16. The van der Waals surface area contributed by atoms with Crippen LogP contribution in [0.5, 0.6) is 0 Å². The Balaban J connectivity index is 0.559. The number of nitrogens with zero attached hydrogens (tertiary/aromatic N) is 2. The molecule has 11 N–H and O–H groups in total. The van der Waals surface area contributed by atoms with Crippen LogP contribution in [0.2, 0.25) is 0 Å². The van der Waals surface area contributed by atoms with Gasteiger partial charge >= 0.3 is 18.3 Å².